The summed E-state index contributed by atoms with van der Waals surface area (Å²) in [5, 5.41) is 0. The van der Waals surface area contributed by atoms with E-state index in [1.54, 1.807) is 10.5 Å². The molecule has 7 heteroatoms. The van der Waals surface area contributed by atoms with E-state index in [0.29, 0.717) is 19.0 Å². The van der Waals surface area contributed by atoms with Gasteiger partial charge in [0.2, 0.25) is 10.0 Å². The number of piperidine rings is 1. The Kier molecular flexibility index (Phi) is 4.49. The Morgan fingerprint density at radius 3 is 3.00 bits per heavy atom. The molecule has 1 aromatic heterocycles. The second-order valence-corrected chi connectivity index (χ2v) is 7.09. The minimum Gasteiger partial charge on any atom is -0.323 e. The standard InChI is InChI=1S/C12H20N4O2S/c1-19(17,18)16-6-2-3-10(8-16)7-11(13)12-4-5-14-9-15-12/h4-5,9-11H,2-3,6-8,13H2,1H3. The maximum Gasteiger partial charge on any atom is 0.211 e. The minimum absolute atomic E-state index is 0.160. The summed E-state index contributed by atoms with van der Waals surface area (Å²) in [6.07, 6.45) is 7.09. The van der Waals surface area contributed by atoms with Crippen molar-refractivity contribution in [3.8, 4) is 0 Å². The van der Waals surface area contributed by atoms with Crippen LogP contribution in [0.1, 0.15) is 31.0 Å². The number of sulfonamides is 1. The van der Waals surface area contributed by atoms with Gasteiger partial charge in [-0.2, -0.15) is 0 Å². The van der Waals surface area contributed by atoms with E-state index in [9.17, 15) is 8.42 Å². The van der Waals surface area contributed by atoms with Gasteiger partial charge < -0.3 is 5.73 Å². The zero-order valence-electron chi connectivity index (χ0n) is 11.1. The quantitative estimate of drug-likeness (QED) is 0.871. The molecule has 0 amide bonds. The van der Waals surface area contributed by atoms with Crippen molar-refractivity contribution in [1.82, 2.24) is 14.3 Å². The van der Waals surface area contributed by atoms with Gasteiger partial charge in [-0.05, 0) is 31.2 Å². The molecule has 1 aliphatic heterocycles. The first-order valence-corrected chi connectivity index (χ1v) is 8.28. The van der Waals surface area contributed by atoms with E-state index < -0.39 is 10.0 Å². The first-order chi connectivity index (χ1) is 8.97. The molecular formula is C12H20N4O2S. The molecule has 0 aromatic carbocycles. The number of rotatable bonds is 4. The lowest BCUT2D eigenvalue weighted by molar-refractivity contribution is 0.246. The van der Waals surface area contributed by atoms with Crippen molar-refractivity contribution in [2.45, 2.75) is 25.3 Å². The van der Waals surface area contributed by atoms with E-state index in [0.717, 1.165) is 25.0 Å². The zero-order valence-corrected chi connectivity index (χ0v) is 11.9. The Morgan fingerprint density at radius 1 is 1.58 bits per heavy atom. The van der Waals surface area contributed by atoms with E-state index >= 15 is 0 Å². The first kappa shape index (κ1) is 14.4. The molecule has 0 spiro atoms. The van der Waals surface area contributed by atoms with Crippen molar-refractivity contribution < 1.29 is 8.42 Å². The Labute approximate surface area is 114 Å². The lowest BCUT2D eigenvalue weighted by atomic mass is 9.91. The number of aromatic nitrogens is 2. The summed E-state index contributed by atoms with van der Waals surface area (Å²) in [5.74, 6) is 0.299. The number of nitrogens with zero attached hydrogens (tertiary/aromatic N) is 3. The zero-order chi connectivity index (χ0) is 13.9. The van der Waals surface area contributed by atoms with Crippen molar-refractivity contribution in [3.05, 3.63) is 24.3 Å². The monoisotopic (exact) mass is 284 g/mol. The Balaban J connectivity index is 1.96. The van der Waals surface area contributed by atoms with Crippen LogP contribution >= 0.6 is 0 Å². The van der Waals surface area contributed by atoms with Crippen LogP contribution in [0.3, 0.4) is 0 Å². The normalized spacial score (nSPS) is 23.2. The van der Waals surface area contributed by atoms with Gasteiger partial charge in [-0.15, -0.1) is 0 Å². The summed E-state index contributed by atoms with van der Waals surface area (Å²) in [5.41, 5.74) is 6.93. The van der Waals surface area contributed by atoms with Crippen LogP contribution in [0.4, 0.5) is 0 Å². The molecule has 1 saturated heterocycles. The van der Waals surface area contributed by atoms with Gasteiger partial charge in [0.05, 0.1) is 11.9 Å². The van der Waals surface area contributed by atoms with E-state index in [-0.39, 0.29) is 6.04 Å². The Morgan fingerprint density at radius 2 is 2.37 bits per heavy atom. The maximum atomic E-state index is 11.6. The third-order valence-corrected chi connectivity index (χ3v) is 4.79. The molecule has 2 N–H and O–H groups in total. The molecule has 2 rings (SSSR count). The smallest absolute Gasteiger partial charge is 0.211 e. The fourth-order valence-corrected chi connectivity index (χ4v) is 3.46. The molecule has 2 atom stereocenters. The van der Waals surface area contributed by atoms with Crippen LogP contribution < -0.4 is 5.73 Å². The highest BCUT2D eigenvalue weighted by molar-refractivity contribution is 7.88. The van der Waals surface area contributed by atoms with Crippen molar-refractivity contribution in [1.29, 1.82) is 0 Å². The lowest BCUT2D eigenvalue weighted by Gasteiger charge is -2.32. The Hall–Kier alpha value is -1.05. The lowest BCUT2D eigenvalue weighted by Crippen LogP contribution is -2.40. The van der Waals surface area contributed by atoms with Crippen LogP contribution in [0.15, 0.2) is 18.6 Å². The maximum absolute atomic E-state index is 11.6. The Bertz CT molecular complexity index is 506. The van der Waals surface area contributed by atoms with E-state index in [1.807, 2.05) is 6.07 Å². The second-order valence-electron chi connectivity index (χ2n) is 5.11. The van der Waals surface area contributed by atoms with Gasteiger partial charge in [0, 0.05) is 25.3 Å². The van der Waals surface area contributed by atoms with Gasteiger partial charge >= 0.3 is 0 Å². The molecule has 19 heavy (non-hydrogen) atoms. The fraction of sp³-hybridized carbons (Fsp3) is 0.667. The molecule has 2 heterocycles. The molecule has 1 aliphatic rings. The van der Waals surface area contributed by atoms with E-state index in [1.165, 1.54) is 12.6 Å². The molecule has 6 nitrogen and oxygen atoms in total. The SMILES string of the molecule is CS(=O)(=O)N1CCCC(CC(N)c2ccncn2)C1. The summed E-state index contributed by atoms with van der Waals surface area (Å²) < 4.78 is 24.7. The highest BCUT2D eigenvalue weighted by atomic mass is 32.2. The van der Waals surface area contributed by atoms with Crippen LogP contribution in [0, 0.1) is 5.92 Å². The number of hydrogen-bond donors (Lipinski definition) is 1. The average Bonchev–Trinajstić information content (AvgIpc) is 2.39. The topological polar surface area (TPSA) is 89.2 Å². The molecule has 1 aromatic rings. The number of hydrogen-bond acceptors (Lipinski definition) is 5. The fourth-order valence-electron chi connectivity index (χ4n) is 2.52. The summed E-state index contributed by atoms with van der Waals surface area (Å²) in [7, 11) is -3.09. The van der Waals surface area contributed by atoms with Gasteiger partial charge in [-0.25, -0.2) is 22.7 Å². The predicted octanol–water partition coefficient (Wildman–Crippen LogP) is 0.538. The highest BCUT2D eigenvalue weighted by Crippen LogP contribution is 2.26. The van der Waals surface area contributed by atoms with Gasteiger partial charge in [-0.1, -0.05) is 0 Å². The average molecular weight is 284 g/mol. The molecule has 0 saturated carbocycles. The molecule has 106 valence electrons. The molecular weight excluding hydrogens is 264 g/mol. The van der Waals surface area contributed by atoms with Gasteiger partial charge in [0.1, 0.15) is 6.33 Å². The van der Waals surface area contributed by atoms with E-state index in [2.05, 4.69) is 9.97 Å². The minimum atomic E-state index is -3.09. The first-order valence-electron chi connectivity index (χ1n) is 6.43. The van der Waals surface area contributed by atoms with Crippen LogP contribution in [0.25, 0.3) is 0 Å². The van der Waals surface area contributed by atoms with Gasteiger partial charge in [0.25, 0.3) is 0 Å². The molecule has 0 radical (unpaired) electrons. The van der Waals surface area contributed by atoms with Crippen LogP contribution in [0.2, 0.25) is 0 Å². The largest absolute Gasteiger partial charge is 0.323 e. The van der Waals surface area contributed by atoms with E-state index in [4.69, 9.17) is 5.73 Å². The summed E-state index contributed by atoms with van der Waals surface area (Å²) >= 11 is 0. The molecule has 1 fully saturated rings. The third-order valence-electron chi connectivity index (χ3n) is 3.52. The van der Waals surface area contributed by atoms with Gasteiger partial charge in [0.15, 0.2) is 0 Å². The van der Waals surface area contributed by atoms with Gasteiger partial charge in [-0.3, -0.25) is 0 Å². The second kappa shape index (κ2) is 5.94. The predicted molar refractivity (Wildman–Crippen MR) is 72.7 cm³/mol. The summed E-state index contributed by atoms with van der Waals surface area (Å²) in [6, 6.07) is 1.65. The van der Waals surface area contributed by atoms with Crippen LogP contribution in [-0.2, 0) is 10.0 Å². The third kappa shape index (κ3) is 3.95. The van der Waals surface area contributed by atoms with Crippen molar-refractivity contribution >= 4 is 10.0 Å². The highest BCUT2D eigenvalue weighted by Gasteiger charge is 2.27. The molecule has 0 aliphatic carbocycles. The molecule has 2 unspecified atom stereocenters. The van der Waals surface area contributed by atoms with Crippen LogP contribution in [-0.4, -0.2) is 42.0 Å². The molecule has 0 bridgehead atoms. The summed E-state index contributed by atoms with van der Waals surface area (Å²) in [6.45, 7) is 1.19. The summed E-state index contributed by atoms with van der Waals surface area (Å²) in [4.78, 5) is 8.01. The van der Waals surface area contributed by atoms with Crippen molar-refractivity contribution in [3.63, 3.8) is 0 Å². The number of nitrogens with two attached hydrogens (primary N) is 1. The van der Waals surface area contributed by atoms with Crippen LogP contribution in [0.5, 0.6) is 0 Å². The van der Waals surface area contributed by atoms with Crippen molar-refractivity contribution in [2.24, 2.45) is 11.7 Å². The van der Waals surface area contributed by atoms with Crippen molar-refractivity contribution in [2.75, 3.05) is 19.3 Å².